The van der Waals surface area contributed by atoms with Gasteiger partial charge in [-0.15, -0.1) is 0 Å². The van der Waals surface area contributed by atoms with E-state index in [2.05, 4.69) is 5.32 Å². The third-order valence-corrected chi connectivity index (χ3v) is 5.49. The molecule has 2 rings (SSSR count). The third-order valence-electron chi connectivity index (χ3n) is 5.49. The minimum Gasteiger partial charge on any atom is -0.496 e. The van der Waals surface area contributed by atoms with E-state index >= 15 is 0 Å². The Morgan fingerprint density at radius 3 is 2.50 bits per heavy atom. The third kappa shape index (κ3) is 7.07. The van der Waals surface area contributed by atoms with E-state index in [0.717, 1.165) is 16.7 Å². The first-order valence-corrected chi connectivity index (χ1v) is 10.9. The summed E-state index contributed by atoms with van der Waals surface area (Å²) >= 11 is 0. The van der Waals surface area contributed by atoms with Crippen LogP contribution in [0.3, 0.4) is 0 Å². The largest absolute Gasteiger partial charge is 0.496 e. The molecule has 0 aliphatic rings. The number of carboxylic acids is 1. The van der Waals surface area contributed by atoms with Gasteiger partial charge in [0.05, 0.1) is 18.8 Å². The fourth-order valence-electron chi connectivity index (χ4n) is 3.75. The number of nitrogens with one attached hydrogen (secondary N) is 1. The molecule has 7 heteroatoms. The van der Waals surface area contributed by atoms with E-state index in [1.807, 2.05) is 37.3 Å². The Morgan fingerprint density at radius 1 is 1.12 bits per heavy atom. The highest BCUT2D eigenvalue weighted by Gasteiger charge is 2.24. The number of amides is 1. The number of carbonyl (C=O) groups excluding carboxylic acids is 1. The molecule has 0 spiro atoms. The summed E-state index contributed by atoms with van der Waals surface area (Å²) in [5.74, 6) is -1.17. The first-order valence-electron chi connectivity index (χ1n) is 10.9. The first kappa shape index (κ1) is 25.4. The van der Waals surface area contributed by atoms with Gasteiger partial charge < -0.3 is 26.0 Å². The van der Waals surface area contributed by atoms with E-state index < -0.39 is 24.0 Å². The molecule has 5 N–H and O–H groups in total. The Kier molecular flexibility index (Phi) is 9.68. The Balaban J connectivity index is 2.13. The molecule has 2 aromatic carbocycles. The number of aliphatic hydroxyl groups excluding tert-OH is 1. The molecule has 0 radical (unpaired) electrons. The molecular weight excluding hydrogens is 408 g/mol. The molecule has 0 saturated heterocycles. The van der Waals surface area contributed by atoms with E-state index in [0.29, 0.717) is 55.5 Å². The van der Waals surface area contributed by atoms with Crippen molar-refractivity contribution >= 4 is 11.9 Å². The zero-order valence-corrected chi connectivity index (χ0v) is 19.1. The van der Waals surface area contributed by atoms with E-state index in [9.17, 15) is 19.8 Å². The summed E-state index contributed by atoms with van der Waals surface area (Å²) in [6, 6.07) is 10.5. The van der Waals surface area contributed by atoms with E-state index in [4.69, 9.17) is 10.5 Å². The highest BCUT2D eigenvalue weighted by Crippen LogP contribution is 2.27. The normalized spacial score (nSPS) is 12.8. The topological polar surface area (TPSA) is 122 Å². The molecule has 2 aromatic rings. The highest BCUT2D eigenvalue weighted by atomic mass is 16.5. The van der Waals surface area contributed by atoms with Crippen molar-refractivity contribution in [2.45, 2.75) is 58.1 Å². The average molecular weight is 443 g/mol. The van der Waals surface area contributed by atoms with Crippen LogP contribution in [0.25, 0.3) is 0 Å². The number of aryl methyl sites for hydroxylation is 3. The summed E-state index contributed by atoms with van der Waals surface area (Å²) in [5.41, 5.74) is 9.38. The number of methoxy groups -OCH3 is 1. The van der Waals surface area contributed by atoms with Gasteiger partial charge in [-0.25, -0.2) is 4.79 Å². The summed E-state index contributed by atoms with van der Waals surface area (Å²) in [5, 5.41) is 22.6. The molecule has 32 heavy (non-hydrogen) atoms. The molecule has 2 atom stereocenters. The Morgan fingerprint density at radius 2 is 1.88 bits per heavy atom. The lowest BCUT2D eigenvalue weighted by Crippen LogP contribution is -2.41. The van der Waals surface area contributed by atoms with Crippen LogP contribution in [0.4, 0.5) is 0 Å². The minimum atomic E-state index is -1.08. The van der Waals surface area contributed by atoms with E-state index in [-0.39, 0.29) is 0 Å². The molecule has 7 nitrogen and oxygen atoms in total. The molecule has 0 fully saturated rings. The molecule has 174 valence electrons. The van der Waals surface area contributed by atoms with Crippen LogP contribution >= 0.6 is 0 Å². The maximum Gasteiger partial charge on any atom is 0.326 e. The fourth-order valence-corrected chi connectivity index (χ4v) is 3.75. The number of benzene rings is 2. The van der Waals surface area contributed by atoms with Crippen molar-refractivity contribution < 1.29 is 24.5 Å². The number of aliphatic hydroxyl groups is 1. The van der Waals surface area contributed by atoms with Crippen LogP contribution in [-0.2, 0) is 11.2 Å². The van der Waals surface area contributed by atoms with Crippen molar-refractivity contribution in [1.82, 2.24) is 5.32 Å². The number of ether oxygens (including phenoxy) is 1. The van der Waals surface area contributed by atoms with Crippen LogP contribution in [0.1, 0.15) is 64.4 Å². The van der Waals surface area contributed by atoms with Crippen molar-refractivity contribution in [2.24, 2.45) is 5.73 Å². The number of nitrogens with two attached hydrogens (primary N) is 1. The number of carbonyl (C=O) groups is 2. The van der Waals surface area contributed by atoms with Gasteiger partial charge in [-0.2, -0.15) is 0 Å². The second-order valence-electron chi connectivity index (χ2n) is 8.11. The first-order chi connectivity index (χ1) is 15.3. The van der Waals surface area contributed by atoms with E-state index in [1.54, 1.807) is 13.0 Å². The number of aliphatic carboxylic acids is 1. The average Bonchev–Trinajstić information content (AvgIpc) is 2.76. The number of rotatable bonds is 12. The van der Waals surface area contributed by atoms with E-state index in [1.165, 1.54) is 7.11 Å². The molecule has 0 aliphatic carbocycles. The van der Waals surface area contributed by atoms with Gasteiger partial charge in [0.2, 0.25) is 0 Å². The van der Waals surface area contributed by atoms with Crippen molar-refractivity contribution in [3.63, 3.8) is 0 Å². The Bertz CT molecular complexity index is 929. The molecule has 0 bridgehead atoms. The molecule has 1 unspecified atom stereocenters. The summed E-state index contributed by atoms with van der Waals surface area (Å²) in [6.07, 6.45) is 2.17. The molecule has 0 saturated carbocycles. The van der Waals surface area contributed by atoms with Gasteiger partial charge in [-0.1, -0.05) is 35.9 Å². The van der Waals surface area contributed by atoms with Gasteiger partial charge in [-0.3, -0.25) is 4.79 Å². The van der Waals surface area contributed by atoms with Gasteiger partial charge >= 0.3 is 5.97 Å². The van der Waals surface area contributed by atoms with Gasteiger partial charge in [0.1, 0.15) is 11.8 Å². The number of unbranched alkanes of at least 4 members (excludes halogenated alkanes) is 1. The van der Waals surface area contributed by atoms with Crippen molar-refractivity contribution in [3.8, 4) is 5.75 Å². The fraction of sp³-hybridized carbons (Fsp3) is 0.440. The zero-order valence-electron chi connectivity index (χ0n) is 19.1. The quantitative estimate of drug-likeness (QED) is 0.374. The monoisotopic (exact) mass is 442 g/mol. The second-order valence-corrected chi connectivity index (χ2v) is 8.11. The van der Waals surface area contributed by atoms with Crippen LogP contribution in [0, 0.1) is 13.8 Å². The Hall–Kier alpha value is -2.90. The van der Waals surface area contributed by atoms with Gasteiger partial charge in [-0.05, 0) is 75.3 Å². The number of hydrogen-bond donors (Lipinski definition) is 4. The summed E-state index contributed by atoms with van der Waals surface area (Å²) in [4.78, 5) is 24.4. The summed E-state index contributed by atoms with van der Waals surface area (Å²) in [6.45, 7) is 4.26. The molecule has 1 amide bonds. The summed E-state index contributed by atoms with van der Waals surface area (Å²) < 4.78 is 5.45. The maximum atomic E-state index is 12.9. The number of hydrogen-bond acceptors (Lipinski definition) is 5. The van der Waals surface area contributed by atoms with Crippen LogP contribution in [0.15, 0.2) is 36.4 Å². The lowest BCUT2D eigenvalue weighted by atomic mass is 9.96. The zero-order chi connectivity index (χ0) is 23.7. The smallest absolute Gasteiger partial charge is 0.326 e. The molecule has 0 heterocycles. The van der Waals surface area contributed by atoms with Crippen molar-refractivity contribution in [1.29, 1.82) is 0 Å². The molecule has 0 aromatic heterocycles. The number of carboxylic acid groups (broad SMARTS) is 1. The van der Waals surface area contributed by atoms with Crippen LogP contribution in [0.2, 0.25) is 0 Å². The molecule has 0 aliphatic heterocycles. The van der Waals surface area contributed by atoms with Gasteiger partial charge in [0, 0.05) is 0 Å². The van der Waals surface area contributed by atoms with Gasteiger partial charge in [0.25, 0.3) is 5.91 Å². The second kappa shape index (κ2) is 12.2. The summed E-state index contributed by atoms with van der Waals surface area (Å²) in [7, 11) is 1.48. The molecular formula is C25H34N2O5. The minimum absolute atomic E-state index is 0.314. The Labute approximate surface area is 189 Å². The van der Waals surface area contributed by atoms with Gasteiger partial charge in [0.15, 0.2) is 0 Å². The van der Waals surface area contributed by atoms with Crippen LogP contribution in [-0.4, -0.2) is 41.8 Å². The predicted octanol–water partition coefficient (Wildman–Crippen LogP) is 3.29. The maximum absolute atomic E-state index is 12.9. The predicted molar refractivity (Wildman–Crippen MR) is 124 cm³/mol. The standard InChI is InChI=1S/C25H34N2O5/c1-16-7-6-8-19(13-16)21(28)11-10-18-14-17(2)23(22(15-18)32-3)24(29)27-20(25(30)31)9-4-5-12-26/h6-8,13-15,20-21,28H,4-5,9-12,26H2,1-3H3,(H,27,29)(H,30,31)/t20-,21?/m0/s1. The van der Waals surface area contributed by atoms with Crippen LogP contribution in [0.5, 0.6) is 5.75 Å². The lowest BCUT2D eigenvalue weighted by molar-refractivity contribution is -0.139. The van der Waals surface area contributed by atoms with Crippen LogP contribution < -0.4 is 15.8 Å². The van der Waals surface area contributed by atoms with Crippen molar-refractivity contribution in [3.05, 3.63) is 64.2 Å². The lowest BCUT2D eigenvalue weighted by Gasteiger charge is -2.18. The highest BCUT2D eigenvalue weighted by molar-refractivity contribution is 6.00. The van der Waals surface area contributed by atoms with Crippen molar-refractivity contribution in [2.75, 3.05) is 13.7 Å². The SMILES string of the molecule is COc1cc(CCC(O)c2cccc(C)c2)cc(C)c1C(=O)N[C@@H](CCCCN)C(=O)O.